The van der Waals surface area contributed by atoms with Crippen LogP contribution in [0, 0.1) is 17.3 Å². The Labute approximate surface area is 287 Å². The summed E-state index contributed by atoms with van der Waals surface area (Å²) < 4.78 is 3.48. The zero-order valence-corrected chi connectivity index (χ0v) is 30.6. The third-order valence-electron chi connectivity index (χ3n) is 8.54. The molecular formula is C38H36Cl4Zr. The van der Waals surface area contributed by atoms with Gasteiger partial charge in [-0.3, -0.25) is 0 Å². The van der Waals surface area contributed by atoms with E-state index in [9.17, 15) is 0 Å². The molecule has 6 rings (SSSR count). The van der Waals surface area contributed by atoms with Crippen molar-refractivity contribution in [3.63, 3.8) is 0 Å². The van der Waals surface area contributed by atoms with Gasteiger partial charge in [0.15, 0.2) is 0 Å². The van der Waals surface area contributed by atoms with Crippen molar-refractivity contribution in [2.24, 2.45) is 17.3 Å². The molecule has 4 aromatic rings. The number of halogens is 4. The van der Waals surface area contributed by atoms with E-state index in [1.807, 2.05) is 12.1 Å². The smallest absolute Gasteiger partial charge is 1.00 e. The second kappa shape index (κ2) is 13.7. The number of benzene rings is 4. The third kappa shape index (κ3) is 6.64. The molecule has 0 heterocycles. The van der Waals surface area contributed by atoms with Gasteiger partial charge in [0.25, 0.3) is 0 Å². The van der Waals surface area contributed by atoms with E-state index in [0.717, 1.165) is 10.0 Å². The second-order valence-corrected chi connectivity index (χ2v) is 19.6. The normalized spacial score (nSPS) is 15.4. The quantitative estimate of drug-likeness (QED) is 0.269. The van der Waals surface area contributed by atoms with Crippen molar-refractivity contribution < 1.29 is 46.1 Å². The molecule has 0 saturated carbocycles. The van der Waals surface area contributed by atoms with Gasteiger partial charge in [-0.25, -0.2) is 0 Å². The Balaban J connectivity index is 0.00000212. The van der Waals surface area contributed by atoms with Crippen LogP contribution in [0.3, 0.4) is 0 Å². The fraction of sp³-hybridized carbons (Fsp3) is 0.237. The molecule has 0 aliphatic heterocycles. The van der Waals surface area contributed by atoms with E-state index in [0.29, 0.717) is 15.5 Å². The van der Waals surface area contributed by atoms with Gasteiger partial charge in [-0.1, -0.05) is 0 Å². The second-order valence-electron chi connectivity index (χ2n) is 12.7. The maximum absolute atomic E-state index is 6.71. The first-order chi connectivity index (χ1) is 19.6. The molecule has 0 fully saturated rings. The minimum absolute atomic E-state index is 0. The molecule has 0 aromatic heterocycles. The van der Waals surface area contributed by atoms with Crippen LogP contribution in [0.2, 0.25) is 10.0 Å². The average molecular weight is 726 g/mol. The molecule has 0 saturated heterocycles. The van der Waals surface area contributed by atoms with Crippen molar-refractivity contribution in [1.82, 2.24) is 0 Å². The van der Waals surface area contributed by atoms with Crippen LogP contribution in [0.15, 0.2) is 118 Å². The standard InChI is InChI=1S/C13H8Cl2.C13H9.C12H19.2ClH.Zr/c14-12-5-1-3-10(8-12)7-11-4-2-6-13(15)9-11;1-3-7-12-10(5-1)9-11-6-2-4-8-13(11)12;1-9(2)10-6-7-11(8-10)12(3,4)5;;;/h1-6,8-9H;1-9H;7-10H,1-5H3;2*1H;/q;;;;;+2/p-2. The maximum atomic E-state index is 6.71. The molecule has 0 spiro atoms. The van der Waals surface area contributed by atoms with Crippen LogP contribution in [0.25, 0.3) is 11.1 Å². The van der Waals surface area contributed by atoms with Crippen molar-refractivity contribution in [2.45, 2.75) is 38.2 Å². The zero-order valence-electron chi connectivity index (χ0n) is 25.1. The zero-order chi connectivity index (χ0) is 28.9. The first kappa shape index (κ1) is 34.2. The minimum Gasteiger partial charge on any atom is -1.00 e. The topological polar surface area (TPSA) is 0 Å². The van der Waals surface area contributed by atoms with Gasteiger partial charge >= 0.3 is 265 Å². The predicted octanol–water partition coefficient (Wildman–Crippen LogP) is 5.10. The monoisotopic (exact) mass is 722 g/mol. The molecule has 43 heavy (non-hydrogen) atoms. The number of hydrogen-bond donors (Lipinski definition) is 0. The molecule has 220 valence electrons. The molecule has 1 atom stereocenters. The Morgan fingerprint density at radius 1 is 0.698 bits per heavy atom. The van der Waals surface area contributed by atoms with Crippen molar-refractivity contribution >= 4 is 26.4 Å². The van der Waals surface area contributed by atoms with Crippen LogP contribution >= 0.6 is 23.2 Å². The van der Waals surface area contributed by atoms with Crippen LogP contribution in [0.4, 0.5) is 0 Å². The third-order valence-corrected chi connectivity index (χ3v) is 17.4. The van der Waals surface area contributed by atoms with Crippen molar-refractivity contribution in [1.29, 1.82) is 0 Å². The van der Waals surface area contributed by atoms with Gasteiger partial charge in [0.1, 0.15) is 0 Å². The van der Waals surface area contributed by atoms with Crippen LogP contribution in [0.1, 0.15) is 60.5 Å². The molecule has 0 N–H and O–H groups in total. The van der Waals surface area contributed by atoms with E-state index >= 15 is 0 Å². The molecule has 4 aromatic carbocycles. The number of rotatable bonds is 5. The Kier molecular flexibility index (Phi) is 10.9. The summed E-state index contributed by atoms with van der Waals surface area (Å²) in [6, 6.07) is 35.2. The van der Waals surface area contributed by atoms with E-state index in [1.54, 1.807) is 3.28 Å². The first-order valence-corrected chi connectivity index (χ1v) is 19.2. The summed E-state index contributed by atoms with van der Waals surface area (Å²) in [6.45, 7) is 11.8. The molecule has 0 bridgehead atoms. The minimum atomic E-state index is -2.92. The van der Waals surface area contributed by atoms with Crippen molar-refractivity contribution in [3.8, 4) is 11.1 Å². The Bertz CT molecular complexity index is 1650. The Morgan fingerprint density at radius 2 is 1.19 bits per heavy atom. The van der Waals surface area contributed by atoms with Crippen LogP contribution in [-0.2, 0) is 21.3 Å². The number of allylic oxidation sites excluding steroid dienone is 4. The van der Waals surface area contributed by atoms with Gasteiger partial charge in [0.2, 0.25) is 0 Å². The molecule has 0 nitrogen and oxygen atoms in total. The molecule has 1 unspecified atom stereocenters. The first-order valence-electron chi connectivity index (χ1n) is 14.5. The predicted molar refractivity (Wildman–Crippen MR) is 174 cm³/mol. The van der Waals surface area contributed by atoms with Crippen molar-refractivity contribution in [2.75, 3.05) is 0 Å². The average Bonchev–Trinajstić information content (AvgIpc) is 3.53. The van der Waals surface area contributed by atoms with Gasteiger partial charge in [0, 0.05) is 0 Å². The van der Waals surface area contributed by atoms with E-state index in [1.165, 1.54) is 42.2 Å². The fourth-order valence-corrected chi connectivity index (χ4v) is 16.9. The van der Waals surface area contributed by atoms with Crippen LogP contribution in [-0.4, -0.2) is 3.21 Å². The summed E-state index contributed by atoms with van der Waals surface area (Å²) in [5.41, 5.74) is 9.70. The van der Waals surface area contributed by atoms with Gasteiger partial charge in [0.05, 0.1) is 0 Å². The Hall–Kier alpha value is -1.73. The van der Waals surface area contributed by atoms with E-state index in [-0.39, 0.29) is 30.2 Å². The largest absolute Gasteiger partial charge is 1.00 e. The molecule has 2 aliphatic rings. The van der Waals surface area contributed by atoms with Crippen LogP contribution < -0.4 is 24.8 Å². The summed E-state index contributed by atoms with van der Waals surface area (Å²) in [4.78, 5) is 0. The van der Waals surface area contributed by atoms with Gasteiger partial charge in [-0.15, -0.1) is 0 Å². The Morgan fingerprint density at radius 3 is 1.63 bits per heavy atom. The summed E-state index contributed by atoms with van der Waals surface area (Å²) >= 11 is 10.5. The molecule has 0 amide bonds. The molecule has 5 heteroatoms. The summed E-state index contributed by atoms with van der Waals surface area (Å²) in [7, 11) is 0. The number of hydrogen-bond acceptors (Lipinski definition) is 0. The van der Waals surface area contributed by atoms with E-state index in [4.69, 9.17) is 23.2 Å². The van der Waals surface area contributed by atoms with Gasteiger partial charge < -0.3 is 24.8 Å². The molecular weight excluding hydrogens is 689 g/mol. The summed E-state index contributed by atoms with van der Waals surface area (Å²) in [5, 5.41) is 1.54. The maximum Gasteiger partial charge on any atom is -1.00 e. The van der Waals surface area contributed by atoms with Gasteiger partial charge in [-0.05, 0) is 0 Å². The van der Waals surface area contributed by atoms with E-state index in [2.05, 4.69) is 132 Å². The molecule has 2 aliphatic carbocycles. The SMILES string of the molecule is CC(C)C1C=C(C(C)(C)C)C=[C]1[Zr+2](=[C](c1cccc(Cl)c1)c1cccc(Cl)c1)[CH]1c2ccccc2-c2ccccc21.[Cl-].[Cl-]. The fourth-order valence-electron chi connectivity index (χ4n) is 6.56. The summed E-state index contributed by atoms with van der Waals surface area (Å²) in [6.07, 6.45) is 5.19. The molecule has 0 radical (unpaired) electrons. The van der Waals surface area contributed by atoms with Crippen molar-refractivity contribution in [3.05, 3.63) is 150 Å². The van der Waals surface area contributed by atoms with E-state index < -0.39 is 21.3 Å². The summed E-state index contributed by atoms with van der Waals surface area (Å²) in [5.74, 6) is 0.912. The number of fused-ring (bicyclic) bond motifs is 3. The van der Waals surface area contributed by atoms with Crippen LogP contribution in [0.5, 0.6) is 0 Å². The van der Waals surface area contributed by atoms with Gasteiger partial charge in [-0.2, -0.15) is 0 Å².